The van der Waals surface area contributed by atoms with Crippen LogP contribution in [0.4, 0.5) is 14.5 Å². The fourth-order valence-electron chi connectivity index (χ4n) is 3.17. The van der Waals surface area contributed by atoms with Crippen LogP contribution in [0.5, 0.6) is 0 Å². The Balaban J connectivity index is 1.59. The minimum Gasteiger partial charge on any atom is -0.388 e. The summed E-state index contributed by atoms with van der Waals surface area (Å²) in [4.78, 5) is 19.6. The van der Waals surface area contributed by atoms with Gasteiger partial charge in [-0.05, 0) is 30.2 Å². The highest BCUT2D eigenvalue weighted by Crippen LogP contribution is 2.28. The third kappa shape index (κ3) is 4.20. The van der Waals surface area contributed by atoms with Crippen molar-refractivity contribution in [3.05, 3.63) is 82.4 Å². The summed E-state index contributed by atoms with van der Waals surface area (Å²) in [7, 11) is 1.51. The lowest BCUT2D eigenvalue weighted by molar-refractivity contribution is 0.505. The number of nitrogens with zero attached hydrogens (tertiary/aromatic N) is 4. The normalized spacial score (nSPS) is 11.0. The lowest BCUT2D eigenvalue weighted by Gasteiger charge is -2.11. The molecule has 0 fully saturated rings. The monoisotopic (exact) mass is 423 g/mol. The quantitative estimate of drug-likeness (QED) is 0.505. The number of benzene rings is 1. The molecule has 0 saturated carbocycles. The molecule has 0 saturated heterocycles. The molecule has 0 atom stereocenters. The van der Waals surface area contributed by atoms with Crippen molar-refractivity contribution in [3.8, 4) is 22.6 Å². The zero-order valence-corrected chi connectivity index (χ0v) is 16.9. The Morgan fingerprint density at radius 1 is 1.06 bits per heavy atom. The van der Waals surface area contributed by atoms with E-state index in [-0.39, 0.29) is 18.0 Å². The van der Waals surface area contributed by atoms with E-state index in [4.69, 9.17) is 4.42 Å². The predicted octanol–water partition coefficient (Wildman–Crippen LogP) is 3.95. The van der Waals surface area contributed by atoms with Gasteiger partial charge in [0.2, 0.25) is 0 Å². The molecule has 1 aromatic carbocycles. The second-order valence-electron chi connectivity index (χ2n) is 6.88. The zero-order chi connectivity index (χ0) is 22.0. The van der Waals surface area contributed by atoms with Crippen molar-refractivity contribution in [1.29, 1.82) is 0 Å². The van der Waals surface area contributed by atoms with Crippen molar-refractivity contribution in [3.63, 3.8) is 0 Å². The van der Waals surface area contributed by atoms with Crippen molar-refractivity contribution >= 4 is 5.69 Å². The van der Waals surface area contributed by atoms with Crippen molar-refractivity contribution in [2.24, 2.45) is 7.05 Å². The van der Waals surface area contributed by atoms with Crippen LogP contribution in [0.1, 0.15) is 18.2 Å². The Morgan fingerprint density at radius 3 is 2.39 bits per heavy atom. The molecule has 0 aliphatic heterocycles. The molecule has 0 amide bonds. The zero-order valence-electron chi connectivity index (χ0n) is 16.9. The van der Waals surface area contributed by atoms with E-state index in [0.29, 0.717) is 17.7 Å². The van der Waals surface area contributed by atoms with Crippen LogP contribution in [0.15, 0.2) is 58.1 Å². The Bertz CT molecular complexity index is 1260. The van der Waals surface area contributed by atoms with Crippen LogP contribution in [-0.4, -0.2) is 19.7 Å². The molecule has 9 heteroatoms. The van der Waals surface area contributed by atoms with E-state index in [1.807, 2.05) is 37.3 Å². The summed E-state index contributed by atoms with van der Waals surface area (Å²) in [6, 6.07) is 9.28. The fraction of sp³-hybridized carbons (Fsp3) is 0.182. The number of anilines is 1. The van der Waals surface area contributed by atoms with Gasteiger partial charge in [-0.25, -0.2) is 13.6 Å². The van der Waals surface area contributed by atoms with E-state index in [1.54, 1.807) is 6.20 Å². The van der Waals surface area contributed by atoms with Gasteiger partial charge in [0.15, 0.2) is 0 Å². The summed E-state index contributed by atoms with van der Waals surface area (Å²) in [5.74, 6) is -1.74. The molecule has 4 aromatic rings. The molecule has 3 heterocycles. The van der Waals surface area contributed by atoms with Crippen LogP contribution >= 0.6 is 0 Å². The van der Waals surface area contributed by atoms with Crippen LogP contribution in [0, 0.1) is 11.6 Å². The molecule has 7 nitrogen and oxygen atoms in total. The minimum absolute atomic E-state index is 0.00447. The molecule has 0 bridgehead atoms. The molecule has 31 heavy (non-hydrogen) atoms. The highest BCUT2D eigenvalue weighted by Gasteiger charge is 2.13. The number of rotatable bonds is 6. The molecule has 0 aliphatic carbocycles. The van der Waals surface area contributed by atoms with Crippen molar-refractivity contribution in [1.82, 2.24) is 19.7 Å². The van der Waals surface area contributed by atoms with Gasteiger partial charge >= 0.3 is 5.76 Å². The van der Waals surface area contributed by atoms with E-state index < -0.39 is 17.4 Å². The van der Waals surface area contributed by atoms with E-state index >= 15 is 0 Å². The molecule has 4 rings (SSSR count). The number of aryl methyl sites for hydroxylation is 2. The first-order valence-electron chi connectivity index (χ1n) is 9.62. The molecular formula is C22H19F2N5O2. The molecule has 0 unspecified atom stereocenters. The predicted molar refractivity (Wildman–Crippen MR) is 111 cm³/mol. The third-order valence-electron chi connectivity index (χ3n) is 4.86. The van der Waals surface area contributed by atoms with Gasteiger partial charge in [0, 0.05) is 42.3 Å². The van der Waals surface area contributed by atoms with Crippen LogP contribution in [0.2, 0.25) is 0 Å². The van der Waals surface area contributed by atoms with Crippen molar-refractivity contribution in [2.45, 2.75) is 19.9 Å². The second-order valence-corrected chi connectivity index (χ2v) is 6.88. The number of hydrogen-bond acceptors (Lipinski definition) is 6. The Labute approximate surface area is 176 Å². The van der Waals surface area contributed by atoms with Gasteiger partial charge in [0.25, 0.3) is 5.89 Å². The van der Waals surface area contributed by atoms with Gasteiger partial charge in [-0.3, -0.25) is 9.97 Å². The largest absolute Gasteiger partial charge is 0.437 e. The summed E-state index contributed by atoms with van der Waals surface area (Å²) >= 11 is 0. The lowest BCUT2D eigenvalue weighted by Crippen LogP contribution is -2.09. The maximum atomic E-state index is 13.7. The Hall–Kier alpha value is -3.88. The van der Waals surface area contributed by atoms with E-state index in [9.17, 15) is 13.6 Å². The van der Waals surface area contributed by atoms with Crippen LogP contribution in [0.3, 0.4) is 0 Å². The second kappa shape index (κ2) is 8.47. The number of halogens is 2. The topological polar surface area (TPSA) is 85.8 Å². The van der Waals surface area contributed by atoms with Gasteiger partial charge in [-0.15, -0.1) is 5.10 Å². The van der Waals surface area contributed by atoms with Crippen LogP contribution in [0.25, 0.3) is 22.6 Å². The van der Waals surface area contributed by atoms with Gasteiger partial charge < -0.3 is 9.73 Å². The molecule has 0 aliphatic rings. The first-order valence-corrected chi connectivity index (χ1v) is 9.62. The van der Waals surface area contributed by atoms with Gasteiger partial charge in [0.05, 0.1) is 18.0 Å². The standard InChI is InChI=1S/C22H19F2N5O2/c1-3-20-16(8-14(9-27-20)21-28-29(2)22(30)31-21)13-4-6-15(7-5-13)26-10-17-18(23)11-25-12-19(17)24/h4-9,11-12,26H,3,10H2,1-2H3. The van der Waals surface area contributed by atoms with Crippen LogP contribution < -0.4 is 11.1 Å². The molecule has 3 aromatic heterocycles. The molecule has 0 radical (unpaired) electrons. The van der Waals surface area contributed by atoms with E-state index in [2.05, 4.69) is 20.4 Å². The van der Waals surface area contributed by atoms with Crippen LogP contribution in [-0.2, 0) is 20.0 Å². The van der Waals surface area contributed by atoms with Gasteiger partial charge in [0.1, 0.15) is 11.6 Å². The van der Waals surface area contributed by atoms with E-state index in [1.165, 1.54) is 7.05 Å². The van der Waals surface area contributed by atoms with Crippen molar-refractivity contribution < 1.29 is 13.2 Å². The third-order valence-corrected chi connectivity index (χ3v) is 4.86. The number of aromatic nitrogens is 4. The average Bonchev–Trinajstić information content (AvgIpc) is 3.11. The molecule has 0 spiro atoms. The Kier molecular flexibility index (Phi) is 5.57. The summed E-state index contributed by atoms with van der Waals surface area (Å²) in [6.45, 7) is 2.00. The summed E-state index contributed by atoms with van der Waals surface area (Å²) in [6.07, 6.45) is 4.31. The van der Waals surface area contributed by atoms with Gasteiger partial charge in [-0.1, -0.05) is 19.1 Å². The maximum absolute atomic E-state index is 13.7. The highest BCUT2D eigenvalue weighted by molar-refractivity contribution is 5.72. The van der Waals surface area contributed by atoms with Gasteiger partial charge in [-0.2, -0.15) is 4.68 Å². The summed E-state index contributed by atoms with van der Waals surface area (Å²) in [5, 5.41) is 7.08. The van der Waals surface area contributed by atoms with Crippen molar-refractivity contribution in [2.75, 3.05) is 5.32 Å². The minimum atomic E-state index is -0.694. The SMILES string of the molecule is CCc1ncc(-c2nn(C)c(=O)o2)cc1-c1ccc(NCc2c(F)cncc2F)cc1. The number of nitrogens with one attached hydrogen (secondary N) is 1. The average molecular weight is 423 g/mol. The lowest BCUT2D eigenvalue weighted by atomic mass is 10.0. The first-order chi connectivity index (χ1) is 15.0. The fourth-order valence-corrected chi connectivity index (χ4v) is 3.17. The summed E-state index contributed by atoms with van der Waals surface area (Å²) in [5.41, 5.74) is 3.89. The Morgan fingerprint density at radius 2 is 1.77 bits per heavy atom. The molecular weight excluding hydrogens is 404 g/mol. The number of hydrogen-bond donors (Lipinski definition) is 1. The first kappa shape index (κ1) is 20.4. The summed E-state index contributed by atoms with van der Waals surface area (Å²) < 4.78 is 33.8. The number of pyridine rings is 2. The molecule has 1 N–H and O–H groups in total. The highest BCUT2D eigenvalue weighted by atomic mass is 19.1. The molecule has 158 valence electrons. The smallest absolute Gasteiger partial charge is 0.388 e. The maximum Gasteiger partial charge on any atom is 0.437 e. The van der Waals surface area contributed by atoms with E-state index in [0.717, 1.165) is 33.9 Å².